The van der Waals surface area contributed by atoms with Gasteiger partial charge in [-0.3, -0.25) is 4.78 Å². The van der Waals surface area contributed by atoms with Crippen LogP contribution in [0.25, 0.3) is 20.2 Å². The highest BCUT2D eigenvalue weighted by Gasteiger charge is 2.36. The second-order valence-corrected chi connectivity index (χ2v) is 30.2. The molecule has 0 spiro atoms. The molecule has 2 aromatic heterocycles. The van der Waals surface area contributed by atoms with Gasteiger partial charge in [0.2, 0.25) is 0 Å². The van der Waals surface area contributed by atoms with Crippen molar-refractivity contribution in [2.24, 2.45) is 4.36 Å². The quantitative estimate of drug-likeness (QED) is 0.0399. The van der Waals surface area contributed by atoms with E-state index in [0.29, 0.717) is 97.1 Å². The molecule has 5 heterocycles. The number of piperidine rings is 1. The minimum atomic E-state index is -4.60. The van der Waals surface area contributed by atoms with Crippen LogP contribution in [-0.2, 0) is 46.8 Å². The van der Waals surface area contributed by atoms with Gasteiger partial charge in [0.15, 0.2) is 0 Å². The fourth-order valence-electron chi connectivity index (χ4n) is 10.6. The average molecular weight is 1260 g/mol. The lowest BCUT2D eigenvalue weighted by Crippen LogP contribution is -2.46. The van der Waals surface area contributed by atoms with Gasteiger partial charge in [-0.2, -0.15) is 26.3 Å². The number of fused-ring (bicyclic) bond motifs is 2. The van der Waals surface area contributed by atoms with Gasteiger partial charge in [-0.15, -0.1) is 22.7 Å². The summed E-state index contributed by atoms with van der Waals surface area (Å²) in [4.78, 5) is 2.95. The molecule has 0 radical (unpaired) electrons. The van der Waals surface area contributed by atoms with E-state index in [1.54, 1.807) is 54.6 Å². The van der Waals surface area contributed by atoms with Crippen molar-refractivity contribution in [1.82, 2.24) is 4.90 Å². The van der Waals surface area contributed by atoms with Crippen molar-refractivity contribution in [3.63, 3.8) is 0 Å². The van der Waals surface area contributed by atoms with E-state index < -0.39 is 78.7 Å². The highest BCUT2D eigenvalue weighted by Crippen LogP contribution is 2.46. The smallest absolute Gasteiger partial charge is 0.393 e. The minimum absolute atomic E-state index is 0.00345. The summed E-state index contributed by atoms with van der Waals surface area (Å²) in [6.45, 7) is 0.951. The molecule has 3 aliphatic rings. The number of hydrogen-bond donors (Lipinski definition) is 6. The van der Waals surface area contributed by atoms with E-state index >= 15 is 4.39 Å². The van der Waals surface area contributed by atoms with Crippen LogP contribution in [0.3, 0.4) is 0 Å². The van der Waals surface area contributed by atoms with E-state index in [1.165, 1.54) is 38.9 Å². The van der Waals surface area contributed by atoms with Crippen molar-refractivity contribution >= 4 is 94.8 Å². The molecule has 14 nitrogen and oxygen atoms in total. The molecule has 4 unspecified atom stereocenters. The third kappa shape index (κ3) is 15.3. The fraction of sp³-hybridized carbons (Fsp3) is 0.448. The second kappa shape index (κ2) is 25.5. The Morgan fingerprint density at radius 3 is 1.95 bits per heavy atom. The first-order valence-corrected chi connectivity index (χ1v) is 34.3. The minimum Gasteiger partial charge on any atom is -0.495 e. The number of methoxy groups -OCH3 is 2. The number of nitrogens with one attached hydrogen (secondary N) is 6. The van der Waals surface area contributed by atoms with Crippen molar-refractivity contribution in [3.8, 4) is 35.2 Å². The number of likely N-dealkylation sites (tertiary alicyclic amines) is 1. The summed E-state index contributed by atoms with van der Waals surface area (Å²) < 4.78 is 180. The number of anilines is 4. The number of thiophene rings is 2. The molecule has 0 aliphatic carbocycles. The molecule has 6 N–H and O–H groups in total. The summed E-state index contributed by atoms with van der Waals surface area (Å²) in [5.41, 5.74) is 2.69. The van der Waals surface area contributed by atoms with Crippen molar-refractivity contribution in [1.29, 1.82) is 9.56 Å². The van der Waals surface area contributed by atoms with Crippen LogP contribution in [0.2, 0.25) is 0 Å². The maximum absolute atomic E-state index is 15.9. The molecule has 0 amide bonds. The van der Waals surface area contributed by atoms with Gasteiger partial charge in [0, 0.05) is 71.5 Å². The number of ether oxygens (including phenoxy) is 3. The monoisotopic (exact) mass is 1260 g/mol. The summed E-state index contributed by atoms with van der Waals surface area (Å²) >= 11 is 2.23. The predicted molar refractivity (Wildman–Crippen MR) is 323 cm³/mol. The van der Waals surface area contributed by atoms with Crippen LogP contribution >= 0.6 is 22.7 Å². The normalized spacial score (nSPS) is 22.8. The zero-order chi connectivity index (χ0) is 60.4. The third-order valence-electron chi connectivity index (χ3n) is 14.9. The van der Waals surface area contributed by atoms with Crippen molar-refractivity contribution < 1.29 is 57.6 Å². The molecular weight excluding hydrogens is 1200 g/mol. The van der Waals surface area contributed by atoms with Crippen LogP contribution in [0.15, 0.2) is 80.9 Å². The Morgan fingerprint density at radius 1 is 0.786 bits per heavy atom. The molecule has 84 heavy (non-hydrogen) atoms. The standard InChI is InChI=1S/C58H65F7N8O6S5/c1-73-25-19-45(44(59)34-73)71-54-41(16-15-40-43(33-58(63,64)65)53(81-56(40)54)12-8-24-68-46-17-13-37(82(4,66)74)30-50(46)77-2)49-29-36(20-26-79-49)72-83(5,75)38-14-18-47(51(31-38)78-3)69-23-7-11-52-42(32-57(60,61)62)39-9-6-10-48(55(39)80-52)70-35-21-27-84(67,76)28-22-35/h6,9-10,13-18,30-31,35-36,44-45,49,66-71H,19-29,32-34H2,1-5H3/t35?,36?,44-,45-,49?,82?,83?,84?/m1/s1. The largest absolute Gasteiger partial charge is 0.495 e. The lowest BCUT2D eigenvalue weighted by atomic mass is 9.94. The molecule has 0 bridgehead atoms. The van der Waals surface area contributed by atoms with Crippen molar-refractivity contribution in [2.45, 2.75) is 97.5 Å². The van der Waals surface area contributed by atoms with E-state index in [9.17, 15) is 39.0 Å². The summed E-state index contributed by atoms with van der Waals surface area (Å²) in [5.74, 6) is 13.0. The second-order valence-electron chi connectivity index (χ2n) is 21.3. The van der Waals surface area contributed by atoms with Crippen molar-refractivity contribution in [3.05, 3.63) is 93.2 Å². The maximum Gasteiger partial charge on any atom is 0.393 e. The van der Waals surface area contributed by atoms with Gasteiger partial charge in [0.25, 0.3) is 0 Å². The third-order valence-corrected chi connectivity index (χ3v) is 22.1. The topological polar surface area (TPSA) is 190 Å². The van der Waals surface area contributed by atoms with Gasteiger partial charge in [0.1, 0.15) is 17.7 Å². The molecule has 3 saturated heterocycles. The molecule has 6 aromatic rings. The van der Waals surface area contributed by atoms with Gasteiger partial charge in [0.05, 0.1) is 129 Å². The van der Waals surface area contributed by atoms with Crippen LogP contribution in [0.5, 0.6) is 11.5 Å². The number of rotatable bonds is 16. The van der Waals surface area contributed by atoms with Gasteiger partial charge in [-0.05, 0) is 97.1 Å². The van der Waals surface area contributed by atoms with Gasteiger partial charge < -0.3 is 40.4 Å². The molecular formula is C58H65F7N8O6S5. The fourth-order valence-corrected chi connectivity index (χ4v) is 16.7. The van der Waals surface area contributed by atoms with Crippen molar-refractivity contribution in [2.75, 3.05) is 99.3 Å². The van der Waals surface area contributed by atoms with E-state index in [0.717, 1.165) is 22.7 Å². The molecule has 3 aliphatic heterocycles. The number of hydrogen-bond acceptors (Lipinski definition) is 16. The maximum atomic E-state index is 15.9. The highest BCUT2D eigenvalue weighted by molar-refractivity contribution is 7.93. The number of halogens is 7. The van der Waals surface area contributed by atoms with Gasteiger partial charge in [-0.25, -0.2) is 26.2 Å². The number of benzene rings is 4. The molecule has 0 saturated carbocycles. The first-order chi connectivity index (χ1) is 39.7. The Bertz CT molecular complexity index is 3920. The number of nitrogens with zero attached hydrogens (tertiary/aromatic N) is 2. The van der Waals surface area contributed by atoms with Gasteiger partial charge >= 0.3 is 12.4 Å². The van der Waals surface area contributed by atoms with Gasteiger partial charge in [-0.1, -0.05) is 47.9 Å². The summed E-state index contributed by atoms with van der Waals surface area (Å²) in [7, 11) is -4.09. The molecule has 26 heteroatoms. The molecule has 6 atom stereocenters. The number of alkyl halides is 7. The van der Waals surface area contributed by atoms with Crippen LogP contribution in [-0.4, -0.2) is 132 Å². The van der Waals surface area contributed by atoms with E-state index in [-0.39, 0.29) is 76.0 Å². The zero-order valence-corrected chi connectivity index (χ0v) is 50.8. The van der Waals surface area contributed by atoms with Crippen LogP contribution in [0.4, 0.5) is 53.5 Å². The SMILES string of the molecule is COc1cc(S(C)(=N)=O)ccc1NCC#Cc1sc2c(N[C@@H]3CCN(C)C[C@H]3F)c(C3CC(N=S(C)(=O)c4ccc(NCC#Cc5sc6c(NC7CCS(=N)(=O)CC7)cccc6c5CC(F)(F)F)c(OC)c4)CCO3)ccc2c1CC(F)(F)F. The Kier molecular flexibility index (Phi) is 19.0. The first kappa shape index (κ1) is 62.5. The summed E-state index contributed by atoms with van der Waals surface area (Å²) in [5, 5.41) is 13.8. The lowest BCUT2D eigenvalue weighted by Gasteiger charge is -2.35. The van der Waals surface area contributed by atoms with Crippen LogP contribution in [0, 0.1) is 33.2 Å². The Labute approximate surface area is 493 Å². The zero-order valence-electron chi connectivity index (χ0n) is 46.7. The molecule has 452 valence electrons. The predicted octanol–water partition coefficient (Wildman–Crippen LogP) is 12.8. The van der Waals surface area contributed by atoms with Crippen LogP contribution in [0.1, 0.15) is 64.7 Å². The Morgan fingerprint density at radius 2 is 1.37 bits per heavy atom. The first-order valence-electron chi connectivity index (χ1n) is 26.9. The lowest BCUT2D eigenvalue weighted by molar-refractivity contribution is -0.127. The average Bonchev–Trinajstić information content (AvgIpc) is 2.17. The summed E-state index contributed by atoms with van der Waals surface area (Å²) in [6, 6.07) is 16.7. The summed E-state index contributed by atoms with van der Waals surface area (Å²) in [6.07, 6.45) is -8.62. The van der Waals surface area contributed by atoms with E-state index in [4.69, 9.17) is 28.1 Å². The van der Waals surface area contributed by atoms with E-state index in [1.807, 2.05) is 11.9 Å². The molecule has 3 fully saturated rings. The Balaban J connectivity index is 0.954. The molecule has 9 rings (SSSR count). The molecule has 4 aromatic carbocycles. The highest BCUT2D eigenvalue weighted by atomic mass is 32.2. The Hall–Kier alpha value is -6.00. The van der Waals surface area contributed by atoms with E-state index in [2.05, 4.69) is 44.9 Å². The van der Waals surface area contributed by atoms with Crippen LogP contribution < -0.4 is 30.7 Å².